The monoisotopic (exact) mass is 244 g/mol. The molecule has 1 heterocycles. The molecule has 0 bridgehead atoms. The zero-order chi connectivity index (χ0) is 12.3. The second kappa shape index (κ2) is 4.58. The molecule has 1 N–H and O–H groups in total. The summed E-state index contributed by atoms with van der Waals surface area (Å²) in [5.41, 5.74) is -0.0434. The number of hydrogen-bond acceptors (Lipinski definition) is 4. The average molecular weight is 244 g/mol. The second-order valence-electron chi connectivity index (χ2n) is 3.11. The molecule has 0 saturated heterocycles. The van der Waals surface area contributed by atoms with E-state index in [4.69, 9.17) is 5.11 Å². The standard InChI is InChI=1S/C9H12N2O4S/c1-3-11(2)16(14,15)8-5-4-7(6-10-8)9(12)13/h4-6H,3H2,1-2H3,(H,12,13). The fourth-order valence-electron chi connectivity index (χ4n) is 0.989. The van der Waals surface area contributed by atoms with Crippen LogP contribution in [0.15, 0.2) is 23.4 Å². The summed E-state index contributed by atoms with van der Waals surface area (Å²) in [6.45, 7) is 2.02. The first kappa shape index (κ1) is 12.6. The van der Waals surface area contributed by atoms with Crippen molar-refractivity contribution in [3.63, 3.8) is 0 Å². The largest absolute Gasteiger partial charge is 0.478 e. The van der Waals surface area contributed by atoms with Gasteiger partial charge in [0, 0.05) is 19.8 Å². The molecule has 88 valence electrons. The van der Waals surface area contributed by atoms with E-state index in [1.54, 1.807) is 6.92 Å². The van der Waals surface area contributed by atoms with Crippen molar-refractivity contribution < 1.29 is 18.3 Å². The number of rotatable bonds is 4. The van der Waals surface area contributed by atoms with Gasteiger partial charge in [0.25, 0.3) is 10.0 Å². The van der Waals surface area contributed by atoms with E-state index in [0.29, 0.717) is 6.54 Å². The van der Waals surface area contributed by atoms with Gasteiger partial charge in [-0.05, 0) is 12.1 Å². The quantitative estimate of drug-likeness (QED) is 0.829. The molecule has 1 rings (SSSR count). The van der Waals surface area contributed by atoms with Gasteiger partial charge in [0.15, 0.2) is 5.03 Å². The van der Waals surface area contributed by atoms with E-state index in [2.05, 4.69) is 4.98 Å². The average Bonchev–Trinajstić information content (AvgIpc) is 2.28. The molecule has 0 aliphatic carbocycles. The molecule has 7 heteroatoms. The molecule has 16 heavy (non-hydrogen) atoms. The minimum atomic E-state index is -3.60. The number of aromatic carboxylic acids is 1. The maximum Gasteiger partial charge on any atom is 0.337 e. The van der Waals surface area contributed by atoms with Crippen molar-refractivity contribution in [1.29, 1.82) is 0 Å². The summed E-state index contributed by atoms with van der Waals surface area (Å²) in [6, 6.07) is 2.40. The fraction of sp³-hybridized carbons (Fsp3) is 0.333. The van der Waals surface area contributed by atoms with Crippen LogP contribution in [-0.2, 0) is 10.0 Å². The van der Waals surface area contributed by atoms with Crippen LogP contribution in [-0.4, -0.2) is 42.4 Å². The van der Waals surface area contributed by atoms with Gasteiger partial charge >= 0.3 is 5.97 Å². The lowest BCUT2D eigenvalue weighted by Crippen LogP contribution is -2.27. The van der Waals surface area contributed by atoms with Gasteiger partial charge in [-0.15, -0.1) is 0 Å². The van der Waals surface area contributed by atoms with E-state index in [1.165, 1.54) is 19.2 Å². The molecular weight excluding hydrogens is 232 g/mol. The van der Waals surface area contributed by atoms with Crippen LogP contribution in [0.4, 0.5) is 0 Å². The van der Waals surface area contributed by atoms with Gasteiger partial charge in [-0.1, -0.05) is 6.92 Å². The number of nitrogens with zero attached hydrogens (tertiary/aromatic N) is 2. The van der Waals surface area contributed by atoms with Crippen LogP contribution in [0.1, 0.15) is 17.3 Å². The van der Waals surface area contributed by atoms with Crippen LogP contribution in [0.5, 0.6) is 0 Å². The molecule has 1 aromatic heterocycles. The molecule has 6 nitrogen and oxygen atoms in total. The molecule has 0 aromatic carbocycles. The number of aromatic nitrogens is 1. The molecule has 0 atom stereocenters. The van der Waals surface area contributed by atoms with Crippen LogP contribution < -0.4 is 0 Å². The normalized spacial score (nSPS) is 11.7. The van der Waals surface area contributed by atoms with Crippen molar-refractivity contribution in [2.24, 2.45) is 0 Å². The Morgan fingerprint density at radius 1 is 1.50 bits per heavy atom. The summed E-state index contributed by atoms with van der Waals surface area (Å²) in [5, 5.41) is 8.48. The maximum absolute atomic E-state index is 11.8. The molecule has 0 radical (unpaired) electrons. The van der Waals surface area contributed by atoms with Crippen LogP contribution in [0, 0.1) is 0 Å². The first-order chi connectivity index (χ1) is 7.39. The number of hydrogen-bond donors (Lipinski definition) is 1. The Kier molecular flexibility index (Phi) is 3.61. The number of carboxylic acids is 1. The first-order valence-electron chi connectivity index (χ1n) is 4.55. The molecule has 0 saturated carbocycles. The number of pyridine rings is 1. The maximum atomic E-state index is 11.8. The number of carboxylic acid groups (broad SMARTS) is 1. The third-order valence-electron chi connectivity index (χ3n) is 2.10. The van der Waals surface area contributed by atoms with Crippen LogP contribution in [0.3, 0.4) is 0 Å². The van der Waals surface area contributed by atoms with Gasteiger partial charge in [0.05, 0.1) is 5.56 Å². The van der Waals surface area contributed by atoms with Gasteiger partial charge in [0.2, 0.25) is 0 Å². The summed E-state index contributed by atoms with van der Waals surface area (Å²) < 4.78 is 24.7. The highest BCUT2D eigenvalue weighted by Crippen LogP contribution is 2.11. The number of sulfonamides is 1. The summed E-state index contributed by atoms with van der Waals surface area (Å²) in [7, 11) is -2.17. The van der Waals surface area contributed by atoms with E-state index in [1.807, 2.05) is 0 Å². The summed E-state index contributed by atoms with van der Waals surface area (Å²) >= 11 is 0. The minimum absolute atomic E-state index is 0.0434. The van der Waals surface area contributed by atoms with Crippen LogP contribution in [0.25, 0.3) is 0 Å². The van der Waals surface area contributed by atoms with E-state index < -0.39 is 16.0 Å². The zero-order valence-corrected chi connectivity index (χ0v) is 9.73. The van der Waals surface area contributed by atoms with Crippen molar-refractivity contribution in [1.82, 2.24) is 9.29 Å². The van der Waals surface area contributed by atoms with E-state index >= 15 is 0 Å². The number of carbonyl (C=O) groups is 1. The van der Waals surface area contributed by atoms with E-state index in [-0.39, 0.29) is 10.6 Å². The topological polar surface area (TPSA) is 87.6 Å². The molecule has 0 fully saturated rings. The van der Waals surface area contributed by atoms with Gasteiger partial charge in [-0.25, -0.2) is 18.2 Å². The van der Waals surface area contributed by atoms with Gasteiger partial charge < -0.3 is 5.11 Å². The van der Waals surface area contributed by atoms with Crippen molar-refractivity contribution in [3.05, 3.63) is 23.9 Å². The third kappa shape index (κ3) is 2.37. The molecule has 0 aliphatic rings. The highest BCUT2D eigenvalue weighted by Gasteiger charge is 2.20. The molecule has 0 unspecified atom stereocenters. The molecule has 0 spiro atoms. The van der Waals surface area contributed by atoms with Crippen LogP contribution in [0.2, 0.25) is 0 Å². The lowest BCUT2D eigenvalue weighted by atomic mass is 10.3. The molecule has 1 aromatic rings. The van der Waals surface area contributed by atoms with Crippen molar-refractivity contribution >= 4 is 16.0 Å². The van der Waals surface area contributed by atoms with Gasteiger partial charge in [0.1, 0.15) is 0 Å². The first-order valence-corrected chi connectivity index (χ1v) is 5.99. The predicted octanol–water partition coefficient (Wildman–Crippen LogP) is 0.420. The summed E-state index contributed by atoms with van der Waals surface area (Å²) in [5.74, 6) is -1.14. The fourth-order valence-corrected chi connectivity index (χ4v) is 2.07. The van der Waals surface area contributed by atoms with Gasteiger partial charge in [-0.3, -0.25) is 0 Å². The molecular formula is C9H12N2O4S. The van der Waals surface area contributed by atoms with Gasteiger partial charge in [-0.2, -0.15) is 4.31 Å². The van der Waals surface area contributed by atoms with Crippen molar-refractivity contribution in [2.45, 2.75) is 11.9 Å². The Morgan fingerprint density at radius 3 is 2.50 bits per heavy atom. The smallest absolute Gasteiger partial charge is 0.337 e. The highest BCUT2D eigenvalue weighted by atomic mass is 32.2. The highest BCUT2D eigenvalue weighted by molar-refractivity contribution is 7.89. The second-order valence-corrected chi connectivity index (χ2v) is 5.10. The summed E-state index contributed by atoms with van der Waals surface area (Å²) in [4.78, 5) is 14.2. The van der Waals surface area contributed by atoms with Crippen molar-refractivity contribution in [3.8, 4) is 0 Å². The Morgan fingerprint density at radius 2 is 2.12 bits per heavy atom. The van der Waals surface area contributed by atoms with Crippen molar-refractivity contribution in [2.75, 3.05) is 13.6 Å². The lowest BCUT2D eigenvalue weighted by Gasteiger charge is -2.13. The zero-order valence-electron chi connectivity index (χ0n) is 8.91. The molecule has 0 aliphatic heterocycles. The molecule has 0 amide bonds. The SMILES string of the molecule is CCN(C)S(=O)(=O)c1ccc(C(=O)O)cn1. The Balaban J connectivity index is 3.12. The Hall–Kier alpha value is -1.47. The Labute approximate surface area is 93.6 Å². The van der Waals surface area contributed by atoms with E-state index in [9.17, 15) is 13.2 Å². The van der Waals surface area contributed by atoms with E-state index in [0.717, 1.165) is 10.5 Å². The minimum Gasteiger partial charge on any atom is -0.478 e. The lowest BCUT2D eigenvalue weighted by molar-refractivity contribution is 0.0696. The van der Waals surface area contributed by atoms with Crippen LogP contribution >= 0.6 is 0 Å². The third-order valence-corrected chi connectivity index (χ3v) is 3.95. The Bertz CT molecular complexity index is 481. The predicted molar refractivity (Wildman–Crippen MR) is 56.7 cm³/mol. The summed E-state index contributed by atoms with van der Waals surface area (Å²) in [6.07, 6.45) is 1.03.